The number of aliphatic hydroxyl groups is 1. The Morgan fingerprint density at radius 1 is 1.42 bits per heavy atom. The lowest BCUT2D eigenvalue weighted by Crippen LogP contribution is -2.32. The standard InChI is InChI=1S/C13H18ClF2NO2/c1-13(2,8-18)7-17-6-9-5-10(14)3-4-11(9)19-12(15)16/h3-5,12,17-18H,6-8H2,1-2H3. The number of ether oxygens (including phenoxy) is 1. The minimum Gasteiger partial charge on any atom is -0.434 e. The summed E-state index contributed by atoms with van der Waals surface area (Å²) in [5.41, 5.74) is 0.281. The molecule has 108 valence electrons. The highest BCUT2D eigenvalue weighted by molar-refractivity contribution is 6.30. The van der Waals surface area contributed by atoms with Crippen molar-refractivity contribution in [2.24, 2.45) is 5.41 Å². The van der Waals surface area contributed by atoms with Crippen LogP contribution in [-0.4, -0.2) is 24.9 Å². The molecule has 0 unspecified atom stereocenters. The molecule has 0 aliphatic carbocycles. The van der Waals surface area contributed by atoms with E-state index in [9.17, 15) is 8.78 Å². The highest BCUT2D eigenvalue weighted by Crippen LogP contribution is 2.24. The molecule has 0 amide bonds. The van der Waals surface area contributed by atoms with Gasteiger partial charge in [-0.15, -0.1) is 0 Å². The third-order valence-electron chi connectivity index (χ3n) is 2.59. The first kappa shape index (κ1) is 16.1. The molecule has 2 N–H and O–H groups in total. The largest absolute Gasteiger partial charge is 0.434 e. The Kier molecular flexibility index (Phi) is 5.97. The maximum atomic E-state index is 12.3. The predicted octanol–water partition coefficient (Wildman–Crippen LogP) is 3.05. The molecule has 0 aliphatic rings. The summed E-state index contributed by atoms with van der Waals surface area (Å²) < 4.78 is 28.9. The quantitative estimate of drug-likeness (QED) is 0.812. The molecule has 0 saturated carbocycles. The van der Waals surface area contributed by atoms with Crippen LogP contribution in [0.15, 0.2) is 18.2 Å². The average Bonchev–Trinajstić information content (AvgIpc) is 2.32. The number of hydrogen-bond acceptors (Lipinski definition) is 3. The lowest BCUT2D eigenvalue weighted by molar-refractivity contribution is -0.0505. The molecule has 6 heteroatoms. The molecule has 3 nitrogen and oxygen atoms in total. The van der Waals surface area contributed by atoms with Gasteiger partial charge in [-0.2, -0.15) is 8.78 Å². The topological polar surface area (TPSA) is 41.5 Å². The van der Waals surface area contributed by atoms with Crippen molar-refractivity contribution in [3.8, 4) is 5.75 Å². The Bertz CT molecular complexity index is 414. The van der Waals surface area contributed by atoms with Gasteiger partial charge >= 0.3 is 6.61 Å². The first-order valence-electron chi connectivity index (χ1n) is 5.89. The highest BCUT2D eigenvalue weighted by atomic mass is 35.5. The summed E-state index contributed by atoms with van der Waals surface area (Å²) in [6.07, 6.45) is 0. The van der Waals surface area contributed by atoms with Gasteiger partial charge in [0.2, 0.25) is 0 Å². The van der Waals surface area contributed by atoms with Crippen molar-refractivity contribution in [2.75, 3.05) is 13.2 Å². The van der Waals surface area contributed by atoms with E-state index >= 15 is 0 Å². The Balaban J connectivity index is 2.68. The second-order valence-corrected chi connectivity index (χ2v) is 5.49. The van der Waals surface area contributed by atoms with E-state index < -0.39 is 6.61 Å². The SMILES string of the molecule is CC(C)(CO)CNCc1cc(Cl)ccc1OC(F)F. The fraction of sp³-hybridized carbons (Fsp3) is 0.538. The Morgan fingerprint density at radius 2 is 2.11 bits per heavy atom. The highest BCUT2D eigenvalue weighted by Gasteiger charge is 2.16. The van der Waals surface area contributed by atoms with Crippen LogP contribution in [0, 0.1) is 5.41 Å². The summed E-state index contributed by atoms with van der Waals surface area (Å²) >= 11 is 5.84. The number of benzene rings is 1. The van der Waals surface area contributed by atoms with Gasteiger partial charge in [0.25, 0.3) is 0 Å². The average molecular weight is 294 g/mol. The van der Waals surface area contributed by atoms with Gasteiger partial charge in [-0.3, -0.25) is 0 Å². The van der Waals surface area contributed by atoms with Crippen LogP contribution in [-0.2, 0) is 6.54 Å². The molecule has 0 fully saturated rings. The van der Waals surface area contributed by atoms with Crippen molar-refractivity contribution in [2.45, 2.75) is 27.0 Å². The zero-order valence-corrected chi connectivity index (χ0v) is 11.7. The number of alkyl halides is 2. The third-order valence-corrected chi connectivity index (χ3v) is 2.82. The molecule has 0 radical (unpaired) electrons. The molecule has 0 aromatic heterocycles. The van der Waals surface area contributed by atoms with Crippen molar-refractivity contribution in [3.63, 3.8) is 0 Å². The smallest absolute Gasteiger partial charge is 0.387 e. The minimum atomic E-state index is -2.87. The molecule has 1 aromatic rings. The van der Waals surface area contributed by atoms with Crippen molar-refractivity contribution in [1.82, 2.24) is 5.32 Å². The second kappa shape index (κ2) is 7.03. The number of rotatable bonds is 7. The van der Waals surface area contributed by atoms with Crippen LogP contribution in [0.25, 0.3) is 0 Å². The number of hydrogen-bond donors (Lipinski definition) is 2. The first-order chi connectivity index (χ1) is 8.84. The summed E-state index contributed by atoms with van der Waals surface area (Å²) in [7, 11) is 0. The van der Waals surface area contributed by atoms with Crippen LogP contribution in [0.2, 0.25) is 5.02 Å². The van der Waals surface area contributed by atoms with Crippen LogP contribution in [0.3, 0.4) is 0 Å². The van der Waals surface area contributed by atoms with Crippen LogP contribution in [0.5, 0.6) is 5.75 Å². The molecular weight excluding hydrogens is 276 g/mol. The lowest BCUT2D eigenvalue weighted by Gasteiger charge is -2.22. The Labute approximate surface area is 116 Å². The van der Waals surface area contributed by atoms with E-state index in [-0.39, 0.29) is 17.8 Å². The van der Waals surface area contributed by atoms with E-state index in [2.05, 4.69) is 10.1 Å². The zero-order chi connectivity index (χ0) is 14.5. The third kappa shape index (κ3) is 5.72. The van der Waals surface area contributed by atoms with Crippen molar-refractivity contribution < 1.29 is 18.6 Å². The Hall–Kier alpha value is -0.910. The van der Waals surface area contributed by atoms with Gasteiger partial charge in [-0.1, -0.05) is 25.4 Å². The lowest BCUT2D eigenvalue weighted by atomic mass is 9.95. The minimum absolute atomic E-state index is 0.0376. The molecule has 0 aliphatic heterocycles. The maximum absolute atomic E-state index is 12.3. The van der Waals surface area contributed by atoms with E-state index in [0.29, 0.717) is 23.7 Å². The molecule has 0 bridgehead atoms. The van der Waals surface area contributed by atoms with E-state index in [1.165, 1.54) is 12.1 Å². The molecule has 0 saturated heterocycles. The van der Waals surface area contributed by atoms with Crippen LogP contribution in [0.1, 0.15) is 19.4 Å². The van der Waals surface area contributed by atoms with Crippen molar-refractivity contribution in [1.29, 1.82) is 0 Å². The van der Waals surface area contributed by atoms with Crippen molar-refractivity contribution in [3.05, 3.63) is 28.8 Å². The van der Waals surface area contributed by atoms with Gasteiger partial charge in [0, 0.05) is 35.7 Å². The Morgan fingerprint density at radius 3 is 2.68 bits per heavy atom. The molecule has 0 heterocycles. The fourth-order valence-electron chi connectivity index (χ4n) is 1.49. The van der Waals surface area contributed by atoms with Crippen molar-refractivity contribution >= 4 is 11.6 Å². The maximum Gasteiger partial charge on any atom is 0.387 e. The number of aliphatic hydroxyl groups excluding tert-OH is 1. The van der Waals surface area contributed by atoms with Gasteiger partial charge in [-0.25, -0.2) is 0 Å². The molecule has 19 heavy (non-hydrogen) atoms. The fourth-order valence-corrected chi connectivity index (χ4v) is 1.68. The van der Waals surface area contributed by atoms with Gasteiger partial charge in [-0.05, 0) is 18.2 Å². The summed E-state index contributed by atoms with van der Waals surface area (Å²) in [5, 5.41) is 12.7. The summed E-state index contributed by atoms with van der Waals surface area (Å²) in [6, 6.07) is 4.50. The molecular formula is C13H18ClF2NO2. The summed E-state index contributed by atoms with van der Waals surface area (Å²) in [4.78, 5) is 0. The van der Waals surface area contributed by atoms with Gasteiger partial charge in [0.05, 0.1) is 0 Å². The first-order valence-corrected chi connectivity index (χ1v) is 6.27. The predicted molar refractivity (Wildman–Crippen MR) is 70.7 cm³/mol. The normalized spacial score (nSPS) is 11.9. The van der Waals surface area contributed by atoms with Crippen LogP contribution in [0.4, 0.5) is 8.78 Å². The monoisotopic (exact) mass is 293 g/mol. The zero-order valence-electron chi connectivity index (χ0n) is 10.9. The molecule has 0 atom stereocenters. The summed E-state index contributed by atoms with van der Waals surface area (Å²) in [6.45, 7) is 1.85. The van der Waals surface area contributed by atoms with E-state index in [0.717, 1.165) is 0 Å². The number of nitrogens with one attached hydrogen (secondary N) is 1. The van der Waals surface area contributed by atoms with Gasteiger partial charge in [0.15, 0.2) is 0 Å². The van der Waals surface area contributed by atoms with Crippen LogP contribution < -0.4 is 10.1 Å². The van der Waals surface area contributed by atoms with E-state index in [1.807, 2.05) is 13.8 Å². The van der Waals surface area contributed by atoms with Gasteiger partial charge in [0.1, 0.15) is 5.75 Å². The van der Waals surface area contributed by atoms with E-state index in [4.69, 9.17) is 16.7 Å². The number of halogens is 3. The molecule has 1 aromatic carbocycles. The van der Waals surface area contributed by atoms with E-state index in [1.54, 1.807) is 6.07 Å². The molecule has 0 spiro atoms. The van der Waals surface area contributed by atoms with Gasteiger partial charge < -0.3 is 15.2 Å². The summed E-state index contributed by atoms with van der Waals surface area (Å²) in [5.74, 6) is 0.105. The molecule has 1 rings (SSSR count). The second-order valence-electron chi connectivity index (χ2n) is 5.06. The van der Waals surface area contributed by atoms with Crippen LogP contribution >= 0.6 is 11.6 Å².